The molecule has 0 aliphatic heterocycles. The number of hydrogen-bond donors (Lipinski definition) is 1. The minimum absolute atomic E-state index is 0.239. The number of carbonyl (C=O) groups is 1. The van der Waals surface area contributed by atoms with Gasteiger partial charge in [-0.05, 0) is 54.7 Å². The summed E-state index contributed by atoms with van der Waals surface area (Å²) < 4.78 is 5.50. The molecule has 1 heterocycles. The number of carboxylic acids is 1. The average Bonchev–Trinajstić information content (AvgIpc) is 2.86. The molecule has 0 spiro atoms. The monoisotopic (exact) mass is 442 g/mol. The highest BCUT2D eigenvalue weighted by Crippen LogP contribution is 2.37. The quantitative estimate of drug-likeness (QED) is 0.219. The van der Waals surface area contributed by atoms with Crippen molar-refractivity contribution < 1.29 is 19.5 Å². The molecule has 3 aromatic rings. The van der Waals surface area contributed by atoms with Crippen LogP contribution in [0.3, 0.4) is 0 Å². The summed E-state index contributed by atoms with van der Waals surface area (Å²) in [7, 11) is 0. The molecule has 1 aliphatic rings. The first kappa shape index (κ1) is 22.3. The summed E-state index contributed by atoms with van der Waals surface area (Å²) in [4.78, 5) is 20.6. The second-order valence-corrected chi connectivity index (χ2v) is 7.77. The van der Waals surface area contributed by atoms with E-state index < -0.39 is 5.97 Å². The molecular weight excluding hydrogens is 416 g/mol. The molecular formula is C27H26N2O4. The Bertz CT molecular complexity index is 1090. The Morgan fingerprint density at radius 2 is 1.85 bits per heavy atom. The van der Waals surface area contributed by atoms with Crippen LogP contribution < -0.4 is 4.74 Å². The molecule has 2 aromatic carbocycles. The fourth-order valence-corrected chi connectivity index (χ4v) is 4.07. The van der Waals surface area contributed by atoms with Crippen molar-refractivity contribution in [3.05, 3.63) is 107 Å². The minimum Gasteiger partial charge on any atom is -0.482 e. The van der Waals surface area contributed by atoms with Crippen LogP contribution in [0.25, 0.3) is 0 Å². The summed E-state index contributed by atoms with van der Waals surface area (Å²) in [5, 5.41) is 13.3. The Morgan fingerprint density at radius 3 is 2.64 bits per heavy atom. The zero-order chi connectivity index (χ0) is 22.9. The summed E-state index contributed by atoms with van der Waals surface area (Å²) in [5.74, 6) is -0.0681. The van der Waals surface area contributed by atoms with E-state index in [0.717, 1.165) is 41.7 Å². The first-order valence-corrected chi connectivity index (χ1v) is 11.0. The van der Waals surface area contributed by atoms with Gasteiger partial charge in [-0.3, -0.25) is 4.98 Å². The molecule has 0 fully saturated rings. The Kier molecular flexibility index (Phi) is 7.48. The molecule has 4 rings (SSSR count). The smallest absolute Gasteiger partial charge is 0.341 e. The molecule has 0 saturated heterocycles. The third kappa shape index (κ3) is 5.86. The van der Waals surface area contributed by atoms with E-state index in [1.807, 2.05) is 60.7 Å². The van der Waals surface area contributed by atoms with Crippen molar-refractivity contribution >= 4 is 11.7 Å². The Balaban J connectivity index is 1.44. The van der Waals surface area contributed by atoms with Crippen LogP contribution in [0.2, 0.25) is 0 Å². The van der Waals surface area contributed by atoms with Crippen molar-refractivity contribution in [1.82, 2.24) is 4.98 Å². The molecule has 1 aliphatic carbocycles. The lowest BCUT2D eigenvalue weighted by molar-refractivity contribution is -0.139. The van der Waals surface area contributed by atoms with Gasteiger partial charge in [-0.25, -0.2) is 4.79 Å². The highest BCUT2D eigenvalue weighted by Gasteiger charge is 2.21. The fraction of sp³-hybridized carbons (Fsp3) is 0.222. The van der Waals surface area contributed by atoms with Crippen LogP contribution in [0, 0.1) is 0 Å². The predicted octanol–water partition coefficient (Wildman–Crippen LogP) is 4.99. The van der Waals surface area contributed by atoms with Gasteiger partial charge in [0.05, 0.1) is 0 Å². The summed E-state index contributed by atoms with van der Waals surface area (Å²) in [6, 6.07) is 19.6. The van der Waals surface area contributed by atoms with Crippen molar-refractivity contribution in [1.29, 1.82) is 0 Å². The van der Waals surface area contributed by atoms with Crippen LogP contribution in [0.4, 0.5) is 0 Å². The Labute approximate surface area is 193 Å². The number of hydrogen-bond acceptors (Lipinski definition) is 5. The molecule has 0 radical (unpaired) electrons. The zero-order valence-corrected chi connectivity index (χ0v) is 18.3. The van der Waals surface area contributed by atoms with Crippen molar-refractivity contribution in [3.63, 3.8) is 0 Å². The van der Waals surface area contributed by atoms with Gasteiger partial charge in [0.2, 0.25) is 0 Å². The van der Waals surface area contributed by atoms with Gasteiger partial charge in [0.25, 0.3) is 0 Å². The maximum absolute atomic E-state index is 10.9. The predicted molar refractivity (Wildman–Crippen MR) is 127 cm³/mol. The van der Waals surface area contributed by atoms with E-state index in [-0.39, 0.29) is 12.5 Å². The highest BCUT2D eigenvalue weighted by atomic mass is 16.6. The number of nitrogens with zero attached hydrogens (tertiary/aromatic N) is 2. The van der Waals surface area contributed by atoms with E-state index in [2.05, 4.69) is 22.3 Å². The first-order valence-electron chi connectivity index (χ1n) is 11.0. The molecule has 0 amide bonds. The molecule has 1 atom stereocenters. The van der Waals surface area contributed by atoms with E-state index >= 15 is 0 Å². The summed E-state index contributed by atoms with van der Waals surface area (Å²) >= 11 is 0. The number of ether oxygens (including phenoxy) is 1. The SMILES string of the molecule is O=C(O)COc1cccc2c1CCCC2C=CCON=C(c1ccccc1)c1ccncc1. The number of pyridine rings is 1. The fourth-order valence-electron chi connectivity index (χ4n) is 4.07. The molecule has 1 unspecified atom stereocenters. The number of aliphatic carboxylic acids is 1. The number of allylic oxidation sites excluding steroid dienone is 1. The minimum atomic E-state index is -0.973. The van der Waals surface area contributed by atoms with Gasteiger partial charge in [0, 0.05) is 29.4 Å². The van der Waals surface area contributed by atoms with E-state index in [0.29, 0.717) is 12.4 Å². The van der Waals surface area contributed by atoms with Crippen LogP contribution in [0.15, 0.2) is 90.4 Å². The number of aromatic nitrogens is 1. The number of oxime groups is 1. The van der Waals surface area contributed by atoms with Gasteiger partial charge >= 0.3 is 5.97 Å². The number of fused-ring (bicyclic) bond motifs is 1. The lowest BCUT2D eigenvalue weighted by Gasteiger charge is -2.25. The maximum atomic E-state index is 10.9. The van der Waals surface area contributed by atoms with Crippen LogP contribution in [-0.2, 0) is 16.1 Å². The van der Waals surface area contributed by atoms with Gasteiger partial charge in [-0.1, -0.05) is 53.7 Å². The van der Waals surface area contributed by atoms with E-state index in [4.69, 9.17) is 14.7 Å². The number of carboxylic acid groups (broad SMARTS) is 1. The van der Waals surface area contributed by atoms with Gasteiger partial charge in [0.1, 0.15) is 18.1 Å². The molecule has 6 nitrogen and oxygen atoms in total. The number of rotatable bonds is 9. The van der Waals surface area contributed by atoms with Gasteiger partial charge in [0.15, 0.2) is 6.61 Å². The maximum Gasteiger partial charge on any atom is 0.341 e. The summed E-state index contributed by atoms with van der Waals surface area (Å²) in [5.41, 5.74) is 4.96. The van der Waals surface area contributed by atoms with Crippen molar-refractivity contribution in [2.45, 2.75) is 25.2 Å². The molecule has 0 saturated carbocycles. The van der Waals surface area contributed by atoms with Gasteiger partial charge in [-0.2, -0.15) is 0 Å². The van der Waals surface area contributed by atoms with E-state index in [1.165, 1.54) is 5.56 Å². The zero-order valence-electron chi connectivity index (χ0n) is 18.3. The average molecular weight is 443 g/mol. The Hall–Kier alpha value is -3.93. The second kappa shape index (κ2) is 11.1. The van der Waals surface area contributed by atoms with Crippen molar-refractivity contribution in [3.8, 4) is 5.75 Å². The van der Waals surface area contributed by atoms with Crippen LogP contribution in [0.5, 0.6) is 5.75 Å². The molecule has 33 heavy (non-hydrogen) atoms. The standard InChI is InChI=1S/C27H26N2O4/c30-26(31)19-32-25-13-5-11-23-20(9-4-12-24(23)25)10-6-18-33-29-27(21-7-2-1-3-8-21)22-14-16-28-17-15-22/h1-3,5-8,10-11,13-17,20H,4,9,12,18-19H2,(H,30,31). The summed E-state index contributed by atoms with van der Waals surface area (Å²) in [6.07, 6.45) is 10.6. The van der Waals surface area contributed by atoms with Gasteiger partial charge < -0.3 is 14.7 Å². The summed E-state index contributed by atoms with van der Waals surface area (Å²) in [6.45, 7) is 0.0203. The van der Waals surface area contributed by atoms with Crippen molar-refractivity contribution in [2.75, 3.05) is 13.2 Å². The first-order chi connectivity index (χ1) is 16.2. The van der Waals surface area contributed by atoms with Crippen LogP contribution in [-0.4, -0.2) is 35.0 Å². The van der Waals surface area contributed by atoms with E-state index in [9.17, 15) is 4.79 Å². The van der Waals surface area contributed by atoms with Crippen LogP contribution >= 0.6 is 0 Å². The highest BCUT2D eigenvalue weighted by molar-refractivity contribution is 6.12. The lowest BCUT2D eigenvalue weighted by Crippen LogP contribution is -2.14. The Morgan fingerprint density at radius 1 is 1.06 bits per heavy atom. The second-order valence-electron chi connectivity index (χ2n) is 7.77. The molecule has 1 N–H and O–H groups in total. The normalized spacial score (nSPS) is 15.8. The molecule has 0 bridgehead atoms. The van der Waals surface area contributed by atoms with E-state index in [1.54, 1.807) is 12.4 Å². The largest absolute Gasteiger partial charge is 0.482 e. The van der Waals surface area contributed by atoms with Crippen LogP contribution in [0.1, 0.15) is 41.0 Å². The molecule has 1 aromatic heterocycles. The molecule has 6 heteroatoms. The third-order valence-corrected chi connectivity index (χ3v) is 5.56. The number of benzene rings is 2. The topological polar surface area (TPSA) is 81.0 Å². The molecule has 168 valence electrons. The lowest BCUT2D eigenvalue weighted by atomic mass is 9.82. The van der Waals surface area contributed by atoms with Crippen molar-refractivity contribution in [2.24, 2.45) is 5.16 Å². The third-order valence-electron chi connectivity index (χ3n) is 5.56. The van der Waals surface area contributed by atoms with Gasteiger partial charge in [-0.15, -0.1) is 0 Å².